The Morgan fingerprint density at radius 3 is 0.879 bits per heavy atom. The first-order valence-electron chi connectivity index (χ1n) is 25.3. The number of carbonyl (C=O) groups is 2. The van der Waals surface area contributed by atoms with Gasteiger partial charge in [0.2, 0.25) is 0 Å². The summed E-state index contributed by atoms with van der Waals surface area (Å²) in [5.41, 5.74) is 0. The topological polar surface area (TPSA) is 119 Å². The third-order valence-electron chi connectivity index (χ3n) is 11.6. The van der Waals surface area contributed by atoms with Crippen molar-refractivity contribution in [2.75, 3.05) is 13.2 Å². The highest BCUT2D eigenvalue weighted by Gasteiger charge is 2.23. The molecule has 9 heteroatoms. The smallest absolute Gasteiger partial charge is 0.462 e. The molecule has 0 aromatic carbocycles. The fraction of sp³-hybridized carbons (Fsp3) is 0.959. The molecule has 346 valence electrons. The second-order valence-corrected chi connectivity index (χ2v) is 18.8. The Kier molecular flexibility index (Phi) is 44.8. The molecular weight excluding hydrogens is 748 g/mol. The molecule has 0 aromatic heterocycles. The third kappa shape index (κ3) is 47.7. The first-order valence-corrected chi connectivity index (χ1v) is 26.9. The Labute approximate surface area is 359 Å². The zero-order chi connectivity index (χ0) is 42.5. The van der Waals surface area contributed by atoms with E-state index in [1.165, 1.54) is 218 Å². The number of rotatable bonds is 48. The van der Waals surface area contributed by atoms with Gasteiger partial charge in [-0.2, -0.15) is 0 Å². The lowest BCUT2D eigenvalue weighted by Crippen LogP contribution is -2.29. The van der Waals surface area contributed by atoms with E-state index in [1.807, 2.05) is 0 Å². The molecule has 1 atom stereocenters. The molecule has 0 aliphatic carbocycles. The molecule has 0 bridgehead atoms. The van der Waals surface area contributed by atoms with Gasteiger partial charge in [-0.25, -0.2) is 4.57 Å². The largest absolute Gasteiger partial charge is 0.469 e. The van der Waals surface area contributed by atoms with E-state index >= 15 is 0 Å². The van der Waals surface area contributed by atoms with Crippen LogP contribution in [0.1, 0.15) is 284 Å². The number of unbranched alkanes of at least 4 members (excludes halogenated alkanes) is 38. The third-order valence-corrected chi connectivity index (χ3v) is 12.1. The van der Waals surface area contributed by atoms with Gasteiger partial charge < -0.3 is 19.3 Å². The molecule has 58 heavy (non-hydrogen) atoms. The maximum Gasteiger partial charge on any atom is 0.469 e. The Hall–Kier alpha value is -0.950. The number of ether oxygens (including phenoxy) is 2. The van der Waals surface area contributed by atoms with E-state index < -0.39 is 32.5 Å². The van der Waals surface area contributed by atoms with Crippen molar-refractivity contribution in [2.24, 2.45) is 0 Å². The van der Waals surface area contributed by atoms with E-state index in [0.717, 1.165) is 32.1 Å². The van der Waals surface area contributed by atoms with Crippen molar-refractivity contribution in [3.8, 4) is 0 Å². The molecule has 0 aromatic rings. The van der Waals surface area contributed by atoms with E-state index in [1.54, 1.807) is 0 Å². The van der Waals surface area contributed by atoms with Crippen LogP contribution in [0.2, 0.25) is 0 Å². The predicted octanol–water partition coefficient (Wildman–Crippen LogP) is 16.0. The summed E-state index contributed by atoms with van der Waals surface area (Å²) < 4.78 is 26.5. The SMILES string of the molecule is CCCCCCCCCCCCCCCCCCCCCCC(=O)OCC(COP(=O)(O)O)OC(=O)CCCCCCCCCCCCCCCCCCCCCC. The van der Waals surface area contributed by atoms with Gasteiger partial charge in [0.15, 0.2) is 6.10 Å². The lowest BCUT2D eigenvalue weighted by Gasteiger charge is -2.18. The molecule has 0 spiro atoms. The van der Waals surface area contributed by atoms with Gasteiger partial charge in [0, 0.05) is 12.8 Å². The van der Waals surface area contributed by atoms with E-state index in [9.17, 15) is 14.2 Å². The Bertz CT molecular complexity index is 909. The second kappa shape index (κ2) is 45.6. The predicted molar refractivity (Wildman–Crippen MR) is 244 cm³/mol. The highest BCUT2D eigenvalue weighted by Crippen LogP contribution is 2.36. The monoisotopic (exact) mass is 845 g/mol. The maximum atomic E-state index is 12.5. The van der Waals surface area contributed by atoms with Gasteiger partial charge in [0.1, 0.15) is 6.61 Å². The van der Waals surface area contributed by atoms with Gasteiger partial charge in [-0.3, -0.25) is 14.1 Å². The molecule has 0 heterocycles. The molecule has 0 aliphatic rings. The Balaban J connectivity index is 3.76. The van der Waals surface area contributed by atoms with Gasteiger partial charge in [-0.1, -0.05) is 258 Å². The summed E-state index contributed by atoms with van der Waals surface area (Å²) in [4.78, 5) is 43.1. The standard InChI is InChI=1S/C49H97O8P/c1-3-5-7-9-11-13-15-17-19-21-23-25-27-29-31-33-35-37-39-41-43-48(50)55-45-47(46-56-58(52,53)54)57-49(51)44-42-40-38-36-34-32-30-28-26-24-22-20-18-16-14-12-10-8-6-4-2/h47H,3-46H2,1-2H3,(H2,52,53,54). The van der Waals surface area contributed by atoms with Gasteiger partial charge in [-0.15, -0.1) is 0 Å². The van der Waals surface area contributed by atoms with Crippen molar-refractivity contribution >= 4 is 19.8 Å². The van der Waals surface area contributed by atoms with Gasteiger partial charge in [-0.05, 0) is 12.8 Å². The molecular formula is C49H97O8P. The van der Waals surface area contributed by atoms with E-state index in [2.05, 4.69) is 18.4 Å². The minimum Gasteiger partial charge on any atom is -0.462 e. The fourth-order valence-corrected chi connectivity index (χ4v) is 8.21. The van der Waals surface area contributed by atoms with Crippen LogP contribution >= 0.6 is 7.82 Å². The van der Waals surface area contributed by atoms with E-state index in [-0.39, 0.29) is 19.4 Å². The van der Waals surface area contributed by atoms with Crippen LogP contribution in [0.4, 0.5) is 0 Å². The van der Waals surface area contributed by atoms with E-state index in [4.69, 9.17) is 19.3 Å². The van der Waals surface area contributed by atoms with Crippen molar-refractivity contribution < 1.29 is 37.9 Å². The molecule has 0 fully saturated rings. The van der Waals surface area contributed by atoms with Crippen LogP contribution in [0.3, 0.4) is 0 Å². The number of hydrogen-bond acceptors (Lipinski definition) is 6. The van der Waals surface area contributed by atoms with Gasteiger partial charge >= 0.3 is 19.8 Å². The number of carbonyl (C=O) groups excluding carboxylic acids is 2. The maximum absolute atomic E-state index is 12.5. The molecule has 0 saturated carbocycles. The van der Waals surface area contributed by atoms with Crippen molar-refractivity contribution in [1.29, 1.82) is 0 Å². The quantitative estimate of drug-likeness (QED) is 0.0353. The van der Waals surface area contributed by atoms with Crippen LogP contribution in [0.25, 0.3) is 0 Å². The first kappa shape index (κ1) is 57.1. The summed E-state index contributed by atoms with van der Waals surface area (Å²) in [5.74, 6) is -0.861. The molecule has 8 nitrogen and oxygen atoms in total. The summed E-state index contributed by atoms with van der Waals surface area (Å²) in [6, 6.07) is 0. The van der Waals surface area contributed by atoms with Crippen LogP contribution in [-0.2, 0) is 28.2 Å². The lowest BCUT2D eigenvalue weighted by atomic mass is 10.0. The molecule has 0 rings (SSSR count). The molecule has 2 N–H and O–H groups in total. The molecule has 0 aliphatic heterocycles. The van der Waals surface area contributed by atoms with Gasteiger partial charge in [0.05, 0.1) is 6.61 Å². The van der Waals surface area contributed by atoms with Crippen LogP contribution in [-0.4, -0.2) is 41.0 Å². The second-order valence-electron chi connectivity index (χ2n) is 17.5. The van der Waals surface area contributed by atoms with Crippen molar-refractivity contribution in [3.05, 3.63) is 0 Å². The molecule has 0 amide bonds. The highest BCUT2D eigenvalue weighted by molar-refractivity contribution is 7.46. The van der Waals surface area contributed by atoms with Crippen LogP contribution < -0.4 is 0 Å². The summed E-state index contributed by atoms with van der Waals surface area (Å²) in [6.07, 6.45) is 51.2. The Morgan fingerprint density at radius 1 is 0.379 bits per heavy atom. The summed E-state index contributed by atoms with van der Waals surface area (Å²) >= 11 is 0. The fourth-order valence-electron chi connectivity index (χ4n) is 7.85. The van der Waals surface area contributed by atoms with Gasteiger partial charge in [0.25, 0.3) is 0 Å². The molecule has 0 radical (unpaired) electrons. The zero-order valence-electron chi connectivity index (χ0n) is 38.5. The normalized spacial score (nSPS) is 12.3. The number of hydrogen-bond donors (Lipinski definition) is 2. The lowest BCUT2D eigenvalue weighted by molar-refractivity contribution is -0.161. The summed E-state index contributed by atoms with van der Waals surface area (Å²) in [6.45, 7) is 3.75. The van der Waals surface area contributed by atoms with E-state index in [0.29, 0.717) is 6.42 Å². The number of phosphoric ester groups is 1. The number of phosphoric acid groups is 1. The zero-order valence-corrected chi connectivity index (χ0v) is 39.4. The number of esters is 2. The summed E-state index contributed by atoms with van der Waals surface area (Å²) in [5, 5.41) is 0. The summed E-state index contributed by atoms with van der Waals surface area (Å²) in [7, 11) is -4.75. The van der Waals surface area contributed by atoms with Crippen LogP contribution in [0.5, 0.6) is 0 Å². The average molecular weight is 845 g/mol. The minimum atomic E-state index is -4.75. The van der Waals surface area contributed by atoms with Crippen molar-refractivity contribution in [1.82, 2.24) is 0 Å². The van der Waals surface area contributed by atoms with Crippen molar-refractivity contribution in [3.63, 3.8) is 0 Å². The van der Waals surface area contributed by atoms with Crippen molar-refractivity contribution in [2.45, 2.75) is 290 Å². The molecule has 0 saturated heterocycles. The first-order chi connectivity index (χ1) is 28.3. The molecule has 1 unspecified atom stereocenters. The van der Waals surface area contributed by atoms with Crippen LogP contribution in [0, 0.1) is 0 Å². The average Bonchev–Trinajstić information content (AvgIpc) is 3.20. The highest BCUT2D eigenvalue weighted by atomic mass is 31.2. The minimum absolute atomic E-state index is 0.221. The Morgan fingerprint density at radius 2 is 0.621 bits per heavy atom. The van der Waals surface area contributed by atoms with Crippen LogP contribution in [0.15, 0.2) is 0 Å².